The maximum Gasteiger partial charge on any atom is 0.390 e. The summed E-state index contributed by atoms with van der Waals surface area (Å²) in [4.78, 5) is 0. The molecule has 19 heavy (non-hydrogen) atoms. The number of hydrogen-bond donors (Lipinski definition) is 1. The van der Waals surface area contributed by atoms with Crippen molar-refractivity contribution in [2.75, 3.05) is 6.54 Å². The first-order valence-corrected chi connectivity index (χ1v) is 6.66. The molecule has 0 saturated heterocycles. The van der Waals surface area contributed by atoms with E-state index in [-0.39, 0.29) is 6.42 Å². The zero-order chi connectivity index (χ0) is 14.6. The Morgan fingerprint density at radius 3 is 2.42 bits per heavy atom. The van der Waals surface area contributed by atoms with Gasteiger partial charge in [0.15, 0.2) is 0 Å². The zero-order valence-corrected chi connectivity index (χ0v) is 12.1. The number of rotatable bonds is 6. The van der Waals surface area contributed by atoms with Gasteiger partial charge in [-0.05, 0) is 13.0 Å². The van der Waals surface area contributed by atoms with Crippen molar-refractivity contribution in [3.8, 4) is 0 Å². The molecule has 1 unspecified atom stereocenters. The van der Waals surface area contributed by atoms with Crippen molar-refractivity contribution in [2.45, 2.75) is 45.3 Å². The van der Waals surface area contributed by atoms with Gasteiger partial charge in [0.1, 0.15) is 0 Å². The van der Waals surface area contributed by atoms with E-state index in [2.05, 4.69) is 10.4 Å². The van der Waals surface area contributed by atoms with Gasteiger partial charge in [0, 0.05) is 19.5 Å². The lowest BCUT2D eigenvalue weighted by molar-refractivity contribution is -0.139. The second kappa shape index (κ2) is 6.61. The first-order valence-electron chi connectivity index (χ1n) is 6.28. The molecule has 0 aromatic carbocycles. The topological polar surface area (TPSA) is 29.9 Å². The largest absolute Gasteiger partial charge is 0.390 e. The SMILES string of the molecule is CCNC(Cc1c(Cl)c(CC)nn1C)CC(F)(F)F. The lowest BCUT2D eigenvalue weighted by Crippen LogP contribution is -2.36. The van der Waals surface area contributed by atoms with Gasteiger partial charge >= 0.3 is 6.18 Å². The average molecular weight is 298 g/mol. The smallest absolute Gasteiger partial charge is 0.314 e. The molecule has 0 aliphatic heterocycles. The van der Waals surface area contributed by atoms with Crippen LogP contribution in [-0.2, 0) is 19.9 Å². The molecule has 0 spiro atoms. The highest BCUT2D eigenvalue weighted by molar-refractivity contribution is 6.31. The quantitative estimate of drug-likeness (QED) is 0.874. The van der Waals surface area contributed by atoms with Crippen LogP contribution in [0.2, 0.25) is 5.02 Å². The van der Waals surface area contributed by atoms with Gasteiger partial charge in [-0.25, -0.2) is 0 Å². The summed E-state index contributed by atoms with van der Waals surface area (Å²) in [7, 11) is 1.71. The molecular weight excluding hydrogens is 279 g/mol. The van der Waals surface area contributed by atoms with Gasteiger partial charge in [-0.3, -0.25) is 4.68 Å². The van der Waals surface area contributed by atoms with Crippen molar-refractivity contribution < 1.29 is 13.2 Å². The molecular formula is C12H19ClF3N3. The van der Waals surface area contributed by atoms with Gasteiger partial charge in [0.05, 0.1) is 22.8 Å². The number of alkyl halides is 3. The van der Waals surface area contributed by atoms with Gasteiger partial charge in [0.2, 0.25) is 0 Å². The van der Waals surface area contributed by atoms with E-state index >= 15 is 0 Å². The fourth-order valence-corrected chi connectivity index (χ4v) is 2.43. The number of hydrogen-bond acceptors (Lipinski definition) is 2. The Hall–Kier alpha value is -0.750. The summed E-state index contributed by atoms with van der Waals surface area (Å²) in [5.41, 5.74) is 1.37. The standard InChI is InChI=1S/C12H19ClF3N3/c1-4-9-11(13)10(19(3)18-9)6-8(17-5-2)7-12(14,15)16/h8,17H,4-7H2,1-3H3. The number of aryl methyl sites for hydroxylation is 2. The molecule has 1 heterocycles. The molecule has 1 aromatic rings. The lowest BCUT2D eigenvalue weighted by Gasteiger charge is -2.19. The molecule has 0 bridgehead atoms. The first-order chi connectivity index (χ1) is 8.78. The van der Waals surface area contributed by atoms with E-state index < -0.39 is 18.6 Å². The van der Waals surface area contributed by atoms with Crippen LogP contribution >= 0.6 is 11.6 Å². The highest BCUT2D eigenvalue weighted by atomic mass is 35.5. The van der Waals surface area contributed by atoms with E-state index in [9.17, 15) is 13.2 Å². The van der Waals surface area contributed by atoms with Crippen molar-refractivity contribution in [2.24, 2.45) is 7.05 Å². The predicted octanol–water partition coefficient (Wildman–Crippen LogP) is 3.11. The number of likely N-dealkylation sites (N-methyl/N-ethyl adjacent to an activating group) is 1. The van der Waals surface area contributed by atoms with Crippen LogP contribution in [-0.4, -0.2) is 28.5 Å². The normalized spacial score (nSPS) is 13.8. The summed E-state index contributed by atoms with van der Waals surface area (Å²) < 4.78 is 39.1. The molecule has 1 N–H and O–H groups in total. The Balaban J connectivity index is 2.87. The molecule has 3 nitrogen and oxygen atoms in total. The highest BCUT2D eigenvalue weighted by Crippen LogP contribution is 2.26. The maximum absolute atomic E-state index is 12.5. The fraction of sp³-hybridized carbons (Fsp3) is 0.750. The molecule has 0 radical (unpaired) electrons. The van der Waals surface area contributed by atoms with E-state index in [4.69, 9.17) is 11.6 Å². The monoisotopic (exact) mass is 297 g/mol. The van der Waals surface area contributed by atoms with E-state index in [1.54, 1.807) is 18.7 Å². The van der Waals surface area contributed by atoms with Crippen LogP contribution in [0.25, 0.3) is 0 Å². The minimum Gasteiger partial charge on any atom is -0.314 e. The molecule has 0 amide bonds. The van der Waals surface area contributed by atoms with Crippen molar-refractivity contribution >= 4 is 11.6 Å². The van der Waals surface area contributed by atoms with Crippen molar-refractivity contribution in [1.29, 1.82) is 0 Å². The summed E-state index contributed by atoms with van der Waals surface area (Å²) in [6.45, 7) is 4.18. The van der Waals surface area contributed by atoms with Crippen molar-refractivity contribution in [3.63, 3.8) is 0 Å². The number of aromatic nitrogens is 2. The van der Waals surface area contributed by atoms with Gasteiger partial charge < -0.3 is 5.32 Å². The predicted molar refractivity (Wildman–Crippen MR) is 69.4 cm³/mol. The molecule has 1 atom stereocenters. The third kappa shape index (κ3) is 4.69. The average Bonchev–Trinajstić information content (AvgIpc) is 2.54. The summed E-state index contributed by atoms with van der Waals surface area (Å²) >= 11 is 6.15. The number of nitrogens with one attached hydrogen (secondary N) is 1. The third-order valence-corrected chi connectivity index (χ3v) is 3.35. The molecule has 110 valence electrons. The summed E-state index contributed by atoms with van der Waals surface area (Å²) in [5.74, 6) is 0. The minimum atomic E-state index is -4.19. The Kier molecular flexibility index (Phi) is 5.67. The minimum absolute atomic E-state index is 0.218. The van der Waals surface area contributed by atoms with Crippen LogP contribution in [0.5, 0.6) is 0 Å². The molecule has 0 aliphatic rings. The molecule has 1 aromatic heterocycles. The van der Waals surface area contributed by atoms with E-state index in [1.807, 2.05) is 6.92 Å². The van der Waals surface area contributed by atoms with Gasteiger partial charge in [0.25, 0.3) is 0 Å². The summed E-state index contributed by atoms with van der Waals surface area (Å²) in [6.07, 6.45) is -4.18. The summed E-state index contributed by atoms with van der Waals surface area (Å²) in [5, 5.41) is 7.55. The second-order valence-corrected chi connectivity index (χ2v) is 4.84. The molecule has 7 heteroatoms. The maximum atomic E-state index is 12.5. The lowest BCUT2D eigenvalue weighted by atomic mass is 10.1. The first kappa shape index (κ1) is 16.3. The molecule has 0 aliphatic carbocycles. The van der Waals surface area contributed by atoms with Gasteiger partial charge in [-0.15, -0.1) is 0 Å². The van der Waals surface area contributed by atoms with E-state index in [0.717, 1.165) is 5.69 Å². The third-order valence-electron chi connectivity index (χ3n) is 2.91. The van der Waals surface area contributed by atoms with Gasteiger partial charge in [-0.2, -0.15) is 18.3 Å². The van der Waals surface area contributed by atoms with Crippen LogP contribution in [0.4, 0.5) is 13.2 Å². The Labute approximate surface area is 116 Å². The zero-order valence-electron chi connectivity index (χ0n) is 11.3. The van der Waals surface area contributed by atoms with E-state index in [0.29, 0.717) is 23.7 Å². The van der Waals surface area contributed by atoms with Crippen LogP contribution < -0.4 is 5.32 Å². The highest BCUT2D eigenvalue weighted by Gasteiger charge is 2.32. The Morgan fingerprint density at radius 2 is 2.00 bits per heavy atom. The molecule has 0 fully saturated rings. The van der Waals surface area contributed by atoms with Crippen LogP contribution in [0.1, 0.15) is 31.7 Å². The van der Waals surface area contributed by atoms with Crippen molar-refractivity contribution in [3.05, 3.63) is 16.4 Å². The van der Waals surface area contributed by atoms with Crippen LogP contribution in [0.3, 0.4) is 0 Å². The molecule has 1 rings (SSSR count). The Morgan fingerprint density at radius 1 is 1.37 bits per heavy atom. The van der Waals surface area contributed by atoms with Crippen molar-refractivity contribution in [1.82, 2.24) is 15.1 Å². The van der Waals surface area contributed by atoms with Crippen LogP contribution in [0, 0.1) is 0 Å². The second-order valence-electron chi connectivity index (χ2n) is 4.46. The number of nitrogens with zero attached hydrogens (tertiary/aromatic N) is 2. The van der Waals surface area contributed by atoms with Crippen LogP contribution in [0.15, 0.2) is 0 Å². The number of halogens is 4. The Bertz CT molecular complexity index is 415. The fourth-order valence-electron chi connectivity index (χ4n) is 2.06. The molecule has 0 saturated carbocycles. The summed E-state index contributed by atoms with van der Waals surface area (Å²) in [6, 6.07) is -0.678. The van der Waals surface area contributed by atoms with Gasteiger partial charge in [-0.1, -0.05) is 25.4 Å². The van der Waals surface area contributed by atoms with E-state index in [1.165, 1.54) is 0 Å².